The van der Waals surface area contributed by atoms with E-state index >= 15 is 0 Å². The maximum atomic E-state index is 12.0. The molecule has 1 aromatic heterocycles. The normalized spacial score (nSPS) is 19.8. The van der Waals surface area contributed by atoms with Crippen molar-refractivity contribution in [1.82, 2.24) is 4.98 Å². The van der Waals surface area contributed by atoms with Gasteiger partial charge in [0.2, 0.25) is 5.91 Å². The molecule has 1 aliphatic heterocycles. The van der Waals surface area contributed by atoms with Crippen LogP contribution < -0.4 is 14.8 Å². The molecular formula is C20H24N2O5S. The molecule has 0 radical (unpaired) electrons. The van der Waals surface area contributed by atoms with Crippen LogP contribution in [0.2, 0.25) is 0 Å². The summed E-state index contributed by atoms with van der Waals surface area (Å²) in [5.74, 6) is 1.58. The van der Waals surface area contributed by atoms with Crippen molar-refractivity contribution in [3.63, 3.8) is 0 Å². The van der Waals surface area contributed by atoms with E-state index in [-0.39, 0.29) is 23.6 Å². The molecule has 1 N–H and O–H groups in total. The van der Waals surface area contributed by atoms with E-state index in [0.717, 1.165) is 0 Å². The van der Waals surface area contributed by atoms with Gasteiger partial charge >= 0.3 is 0 Å². The monoisotopic (exact) mass is 404 g/mol. The quantitative estimate of drug-likeness (QED) is 0.688. The number of carbonyl (C=O) groups excluding carboxylic acids is 1. The summed E-state index contributed by atoms with van der Waals surface area (Å²) in [4.78, 5) is 16.0. The van der Waals surface area contributed by atoms with Crippen LogP contribution in [0, 0.1) is 0 Å². The van der Waals surface area contributed by atoms with Gasteiger partial charge in [-0.15, -0.1) is 11.8 Å². The highest BCUT2D eigenvalue weighted by molar-refractivity contribution is 8.00. The summed E-state index contributed by atoms with van der Waals surface area (Å²) in [5, 5.41) is 2.82. The third kappa shape index (κ3) is 5.85. The van der Waals surface area contributed by atoms with E-state index in [1.54, 1.807) is 31.6 Å². The minimum absolute atomic E-state index is 0.0101. The maximum absolute atomic E-state index is 12.0. The Labute approximate surface area is 168 Å². The van der Waals surface area contributed by atoms with E-state index in [0.29, 0.717) is 36.2 Å². The van der Waals surface area contributed by atoms with Gasteiger partial charge in [0.15, 0.2) is 17.8 Å². The Morgan fingerprint density at radius 2 is 2.14 bits per heavy atom. The molecule has 1 amide bonds. The fourth-order valence-electron chi connectivity index (χ4n) is 2.64. The second-order valence-electron chi connectivity index (χ2n) is 6.23. The number of methoxy groups -OCH3 is 1. The van der Waals surface area contributed by atoms with Crippen molar-refractivity contribution in [2.24, 2.45) is 0 Å². The summed E-state index contributed by atoms with van der Waals surface area (Å²) in [7, 11) is 1.61. The zero-order chi connectivity index (χ0) is 19.8. The fraction of sp³-hybridized carbons (Fsp3) is 0.400. The number of hydrogen-bond donors (Lipinski definition) is 1. The highest BCUT2D eigenvalue weighted by atomic mass is 32.2. The first-order valence-corrected chi connectivity index (χ1v) is 10.0. The molecule has 3 unspecified atom stereocenters. The molecule has 1 aromatic carbocycles. The van der Waals surface area contributed by atoms with E-state index in [4.69, 9.17) is 18.9 Å². The van der Waals surface area contributed by atoms with E-state index in [9.17, 15) is 4.79 Å². The van der Waals surface area contributed by atoms with Gasteiger partial charge < -0.3 is 24.3 Å². The summed E-state index contributed by atoms with van der Waals surface area (Å²) in [6.07, 6.45) is 2.74. The van der Waals surface area contributed by atoms with Crippen molar-refractivity contribution in [3.05, 3.63) is 48.8 Å². The molecule has 1 saturated heterocycles. The number of para-hydroxylation sites is 2. The molecule has 8 heteroatoms. The minimum Gasteiger partial charge on any atom is -0.493 e. The average Bonchev–Trinajstić information content (AvgIpc) is 3.20. The SMILES string of the molecule is COc1ccccc1OCC1COC(C(C)SCC(=O)Nc2cccnc2)O1. The zero-order valence-corrected chi connectivity index (χ0v) is 16.7. The number of aromatic nitrogens is 1. The lowest BCUT2D eigenvalue weighted by Gasteiger charge is -2.18. The lowest BCUT2D eigenvalue weighted by atomic mass is 10.3. The average molecular weight is 404 g/mol. The topological polar surface area (TPSA) is 78.9 Å². The Bertz CT molecular complexity index is 761. The summed E-state index contributed by atoms with van der Waals surface area (Å²) in [5.41, 5.74) is 0.683. The molecule has 28 heavy (non-hydrogen) atoms. The molecule has 1 fully saturated rings. The third-order valence-corrected chi connectivity index (χ3v) is 5.25. The minimum atomic E-state index is -0.373. The van der Waals surface area contributed by atoms with Gasteiger partial charge in [-0.25, -0.2) is 0 Å². The number of anilines is 1. The molecule has 7 nitrogen and oxygen atoms in total. The number of benzene rings is 1. The summed E-state index contributed by atoms with van der Waals surface area (Å²) >= 11 is 1.48. The van der Waals surface area contributed by atoms with Gasteiger partial charge in [0.25, 0.3) is 0 Å². The predicted octanol–water partition coefficient (Wildman–Crippen LogP) is 2.97. The van der Waals surface area contributed by atoms with Crippen molar-refractivity contribution in [3.8, 4) is 11.5 Å². The Kier molecular flexibility index (Phi) is 7.53. The molecule has 3 rings (SSSR count). The third-order valence-electron chi connectivity index (χ3n) is 4.07. The number of carbonyl (C=O) groups is 1. The first-order valence-electron chi connectivity index (χ1n) is 9.00. The number of amides is 1. The number of nitrogens with one attached hydrogen (secondary N) is 1. The number of rotatable bonds is 9. The van der Waals surface area contributed by atoms with Crippen LogP contribution >= 0.6 is 11.8 Å². The van der Waals surface area contributed by atoms with Gasteiger partial charge in [-0.1, -0.05) is 12.1 Å². The van der Waals surface area contributed by atoms with Crippen LogP contribution in [0.5, 0.6) is 11.5 Å². The van der Waals surface area contributed by atoms with Crippen LogP contribution in [-0.4, -0.2) is 54.6 Å². The van der Waals surface area contributed by atoms with Crippen LogP contribution in [0.3, 0.4) is 0 Å². The van der Waals surface area contributed by atoms with E-state index in [1.165, 1.54) is 11.8 Å². The summed E-state index contributed by atoms with van der Waals surface area (Å²) in [6.45, 7) is 2.80. The van der Waals surface area contributed by atoms with Gasteiger partial charge in [-0.05, 0) is 31.2 Å². The number of nitrogens with zero attached hydrogens (tertiary/aromatic N) is 1. The first kappa shape index (κ1) is 20.4. The molecule has 2 heterocycles. The predicted molar refractivity (Wildman–Crippen MR) is 108 cm³/mol. The molecule has 1 aliphatic rings. The Morgan fingerprint density at radius 1 is 1.32 bits per heavy atom. The molecule has 0 spiro atoms. The first-order chi connectivity index (χ1) is 13.7. The van der Waals surface area contributed by atoms with Gasteiger partial charge in [0, 0.05) is 6.20 Å². The van der Waals surface area contributed by atoms with E-state index in [1.807, 2.05) is 31.2 Å². The second kappa shape index (κ2) is 10.3. The van der Waals surface area contributed by atoms with Crippen LogP contribution in [0.15, 0.2) is 48.8 Å². The van der Waals surface area contributed by atoms with Crippen molar-refractivity contribution >= 4 is 23.4 Å². The Hall–Kier alpha value is -2.29. The second-order valence-corrected chi connectivity index (χ2v) is 7.59. The number of ether oxygens (including phenoxy) is 4. The number of hydrogen-bond acceptors (Lipinski definition) is 7. The number of thioether (sulfide) groups is 1. The number of pyridine rings is 1. The van der Waals surface area contributed by atoms with Crippen LogP contribution in [0.1, 0.15) is 6.92 Å². The molecule has 0 bridgehead atoms. The molecule has 0 saturated carbocycles. The molecule has 3 atom stereocenters. The van der Waals surface area contributed by atoms with Crippen LogP contribution in [0.4, 0.5) is 5.69 Å². The zero-order valence-electron chi connectivity index (χ0n) is 15.9. The molecular weight excluding hydrogens is 380 g/mol. The van der Waals surface area contributed by atoms with Gasteiger partial charge in [-0.2, -0.15) is 0 Å². The van der Waals surface area contributed by atoms with Crippen molar-refractivity contribution in [1.29, 1.82) is 0 Å². The Balaban J connectivity index is 1.39. The maximum Gasteiger partial charge on any atom is 0.234 e. The summed E-state index contributed by atoms with van der Waals surface area (Å²) < 4.78 is 22.7. The highest BCUT2D eigenvalue weighted by Gasteiger charge is 2.31. The van der Waals surface area contributed by atoms with E-state index < -0.39 is 0 Å². The highest BCUT2D eigenvalue weighted by Crippen LogP contribution is 2.28. The lowest BCUT2D eigenvalue weighted by Crippen LogP contribution is -2.26. The van der Waals surface area contributed by atoms with Crippen molar-refractivity contribution in [2.45, 2.75) is 24.6 Å². The smallest absolute Gasteiger partial charge is 0.234 e. The Morgan fingerprint density at radius 3 is 2.89 bits per heavy atom. The largest absolute Gasteiger partial charge is 0.493 e. The molecule has 0 aliphatic carbocycles. The van der Waals surface area contributed by atoms with Gasteiger partial charge in [-0.3, -0.25) is 9.78 Å². The van der Waals surface area contributed by atoms with Crippen LogP contribution in [-0.2, 0) is 14.3 Å². The lowest BCUT2D eigenvalue weighted by molar-refractivity contribution is -0.113. The summed E-state index contributed by atoms with van der Waals surface area (Å²) in [6, 6.07) is 11.1. The standard InChI is InChI=1S/C20H24N2O5S/c1-14(28-13-19(23)22-15-6-5-9-21-10-15)20-26-12-16(27-20)11-25-18-8-4-3-7-17(18)24-2/h3-10,14,16,20H,11-13H2,1-2H3,(H,22,23). The fourth-order valence-corrected chi connectivity index (χ4v) is 3.43. The van der Waals surface area contributed by atoms with Gasteiger partial charge in [0.1, 0.15) is 12.7 Å². The van der Waals surface area contributed by atoms with Crippen molar-refractivity contribution in [2.75, 3.05) is 31.4 Å². The van der Waals surface area contributed by atoms with E-state index in [2.05, 4.69) is 10.3 Å². The van der Waals surface area contributed by atoms with Crippen molar-refractivity contribution < 1.29 is 23.7 Å². The van der Waals surface area contributed by atoms with Crippen LogP contribution in [0.25, 0.3) is 0 Å². The van der Waals surface area contributed by atoms with Gasteiger partial charge in [0.05, 0.1) is 36.6 Å². The molecule has 2 aromatic rings. The molecule has 150 valence electrons.